The topological polar surface area (TPSA) is 32.3 Å². The number of nitrogens with zero attached hydrogens (tertiary/aromatic N) is 1. The minimum atomic E-state index is 0.178. The SMILES string of the molecule is C=CCCC(=O)NCC1(N2CCSCC2)CCCC1. The number of hydrogen-bond acceptors (Lipinski definition) is 3. The molecule has 1 aliphatic carbocycles. The van der Waals surface area contributed by atoms with Crippen LogP contribution in [0.2, 0.25) is 0 Å². The lowest BCUT2D eigenvalue weighted by atomic mass is 9.94. The summed E-state index contributed by atoms with van der Waals surface area (Å²) in [6.45, 7) is 6.88. The molecule has 2 aliphatic rings. The molecule has 2 rings (SSSR count). The fourth-order valence-corrected chi connectivity index (χ4v) is 4.16. The fourth-order valence-electron chi connectivity index (χ4n) is 3.26. The first-order chi connectivity index (χ1) is 9.27. The summed E-state index contributed by atoms with van der Waals surface area (Å²) in [6, 6.07) is 0. The molecule has 108 valence electrons. The molecule has 1 N–H and O–H groups in total. The van der Waals surface area contributed by atoms with Gasteiger partial charge in [0.15, 0.2) is 0 Å². The van der Waals surface area contributed by atoms with Crippen LogP contribution in [-0.2, 0) is 4.79 Å². The van der Waals surface area contributed by atoms with E-state index in [4.69, 9.17) is 0 Å². The summed E-state index contributed by atoms with van der Waals surface area (Å²) in [4.78, 5) is 14.4. The van der Waals surface area contributed by atoms with Crippen molar-refractivity contribution < 1.29 is 4.79 Å². The third-order valence-electron chi connectivity index (χ3n) is 4.41. The molecule has 0 unspecified atom stereocenters. The van der Waals surface area contributed by atoms with Gasteiger partial charge >= 0.3 is 0 Å². The number of hydrogen-bond donors (Lipinski definition) is 1. The summed E-state index contributed by atoms with van der Waals surface area (Å²) >= 11 is 2.05. The minimum Gasteiger partial charge on any atom is -0.354 e. The van der Waals surface area contributed by atoms with Gasteiger partial charge < -0.3 is 5.32 Å². The second-order valence-corrected chi connectivity index (χ2v) is 6.86. The Balaban J connectivity index is 1.88. The Morgan fingerprint density at radius 2 is 2.00 bits per heavy atom. The monoisotopic (exact) mass is 282 g/mol. The highest BCUT2D eigenvalue weighted by Gasteiger charge is 2.39. The number of carbonyl (C=O) groups is 1. The number of thioether (sulfide) groups is 1. The summed E-state index contributed by atoms with van der Waals surface area (Å²) in [6.07, 6.45) is 8.29. The van der Waals surface area contributed by atoms with Gasteiger partial charge in [-0.3, -0.25) is 9.69 Å². The Hall–Kier alpha value is -0.480. The first kappa shape index (κ1) is 14.9. The van der Waals surface area contributed by atoms with Crippen molar-refractivity contribution in [2.45, 2.75) is 44.1 Å². The fraction of sp³-hybridized carbons (Fsp3) is 0.800. The highest BCUT2D eigenvalue weighted by Crippen LogP contribution is 2.36. The first-order valence-corrected chi connectivity index (χ1v) is 8.63. The van der Waals surface area contributed by atoms with Crippen LogP contribution in [0.15, 0.2) is 12.7 Å². The molecule has 1 saturated heterocycles. The van der Waals surface area contributed by atoms with Crippen molar-refractivity contribution in [2.24, 2.45) is 0 Å². The van der Waals surface area contributed by atoms with Gasteiger partial charge in [-0.25, -0.2) is 0 Å². The van der Waals surface area contributed by atoms with Crippen LogP contribution in [0.3, 0.4) is 0 Å². The van der Waals surface area contributed by atoms with E-state index in [1.54, 1.807) is 0 Å². The largest absolute Gasteiger partial charge is 0.354 e. The molecule has 0 spiro atoms. The van der Waals surface area contributed by atoms with Gasteiger partial charge in [0.05, 0.1) is 0 Å². The van der Waals surface area contributed by atoms with Crippen molar-refractivity contribution in [3.05, 3.63) is 12.7 Å². The van der Waals surface area contributed by atoms with Gasteiger partial charge in [0.2, 0.25) is 5.91 Å². The van der Waals surface area contributed by atoms with E-state index in [1.807, 2.05) is 6.08 Å². The lowest BCUT2D eigenvalue weighted by Gasteiger charge is -2.43. The van der Waals surface area contributed by atoms with Crippen molar-refractivity contribution in [1.82, 2.24) is 10.2 Å². The van der Waals surface area contributed by atoms with Gasteiger partial charge in [0.1, 0.15) is 0 Å². The predicted molar refractivity (Wildman–Crippen MR) is 82.5 cm³/mol. The minimum absolute atomic E-state index is 0.178. The Morgan fingerprint density at radius 3 is 2.63 bits per heavy atom. The van der Waals surface area contributed by atoms with Crippen molar-refractivity contribution >= 4 is 17.7 Å². The van der Waals surface area contributed by atoms with Crippen molar-refractivity contribution in [3.63, 3.8) is 0 Å². The Morgan fingerprint density at radius 1 is 1.32 bits per heavy atom. The normalized spacial score (nSPS) is 23.2. The van der Waals surface area contributed by atoms with Crippen LogP contribution in [-0.4, -0.2) is 47.5 Å². The molecule has 2 fully saturated rings. The molecular weight excluding hydrogens is 256 g/mol. The van der Waals surface area contributed by atoms with Gasteiger partial charge in [-0.1, -0.05) is 18.9 Å². The maximum absolute atomic E-state index is 11.8. The van der Waals surface area contributed by atoms with E-state index >= 15 is 0 Å². The van der Waals surface area contributed by atoms with Crippen LogP contribution in [0.5, 0.6) is 0 Å². The van der Waals surface area contributed by atoms with E-state index in [0.717, 1.165) is 13.0 Å². The Labute approximate surface area is 121 Å². The molecule has 0 aromatic carbocycles. The van der Waals surface area contributed by atoms with E-state index in [1.165, 1.54) is 50.3 Å². The van der Waals surface area contributed by atoms with Crippen LogP contribution >= 0.6 is 11.8 Å². The van der Waals surface area contributed by atoms with E-state index in [2.05, 4.69) is 28.6 Å². The average Bonchev–Trinajstić information content (AvgIpc) is 2.94. The van der Waals surface area contributed by atoms with Gasteiger partial charge in [-0.15, -0.1) is 6.58 Å². The molecule has 0 bridgehead atoms. The van der Waals surface area contributed by atoms with Crippen molar-refractivity contribution in [3.8, 4) is 0 Å². The predicted octanol–water partition coefficient (Wildman–Crippen LogP) is 2.43. The third-order valence-corrected chi connectivity index (χ3v) is 5.35. The zero-order chi connectivity index (χ0) is 13.6. The third kappa shape index (κ3) is 3.99. The molecule has 19 heavy (non-hydrogen) atoms. The number of rotatable bonds is 6. The second-order valence-electron chi connectivity index (χ2n) is 5.63. The summed E-state index contributed by atoms with van der Waals surface area (Å²) < 4.78 is 0. The number of nitrogens with one attached hydrogen (secondary N) is 1. The first-order valence-electron chi connectivity index (χ1n) is 7.47. The van der Waals surface area contributed by atoms with Crippen LogP contribution in [0.25, 0.3) is 0 Å². The quantitative estimate of drug-likeness (QED) is 0.759. The number of carbonyl (C=O) groups excluding carboxylic acids is 1. The molecular formula is C15H26N2OS. The van der Waals surface area contributed by atoms with Crippen molar-refractivity contribution in [1.29, 1.82) is 0 Å². The molecule has 0 aromatic heterocycles. The van der Waals surface area contributed by atoms with Gasteiger partial charge in [0.25, 0.3) is 0 Å². The highest BCUT2D eigenvalue weighted by atomic mass is 32.2. The molecule has 4 heteroatoms. The van der Waals surface area contributed by atoms with Crippen molar-refractivity contribution in [2.75, 3.05) is 31.1 Å². The molecule has 1 saturated carbocycles. The highest BCUT2D eigenvalue weighted by molar-refractivity contribution is 7.99. The van der Waals surface area contributed by atoms with Crippen LogP contribution < -0.4 is 5.32 Å². The van der Waals surface area contributed by atoms with Gasteiger partial charge in [-0.2, -0.15) is 11.8 Å². The smallest absolute Gasteiger partial charge is 0.220 e. The van der Waals surface area contributed by atoms with E-state index in [0.29, 0.717) is 6.42 Å². The van der Waals surface area contributed by atoms with Gasteiger partial charge in [-0.05, 0) is 19.3 Å². The van der Waals surface area contributed by atoms with Crippen LogP contribution in [0.4, 0.5) is 0 Å². The Kier molecular flexibility index (Phi) is 5.76. The average molecular weight is 282 g/mol. The molecule has 0 radical (unpaired) electrons. The number of amides is 1. The summed E-state index contributed by atoms with van der Waals surface area (Å²) in [5, 5.41) is 3.16. The molecule has 1 aliphatic heterocycles. The number of allylic oxidation sites excluding steroid dienone is 1. The second kappa shape index (κ2) is 7.34. The zero-order valence-corrected chi connectivity index (χ0v) is 12.6. The van der Waals surface area contributed by atoms with Gasteiger partial charge in [0, 0.05) is 43.1 Å². The van der Waals surface area contributed by atoms with E-state index in [9.17, 15) is 4.79 Å². The van der Waals surface area contributed by atoms with E-state index in [-0.39, 0.29) is 11.4 Å². The molecule has 3 nitrogen and oxygen atoms in total. The molecule has 1 heterocycles. The summed E-state index contributed by atoms with van der Waals surface area (Å²) in [7, 11) is 0. The Bertz CT molecular complexity index is 307. The lowest BCUT2D eigenvalue weighted by molar-refractivity contribution is -0.121. The summed E-state index contributed by atoms with van der Waals surface area (Å²) in [5.41, 5.74) is 0.255. The van der Waals surface area contributed by atoms with Crippen LogP contribution in [0, 0.1) is 0 Å². The van der Waals surface area contributed by atoms with E-state index < -0.39 is 0 Å². The zero-order valence-electron chi connectivity index (χ0n) is 11.8. The maximum atomic E-state index is 11.8. The maximum Gasteiger partial charge on any atom is 0.220 e. The molecule has 0 atom stereocenters. The molecule has 1 amide bonds. The lowest BCUT2D eigenvalue weighted by Crippen LogP contribution is -2.56. The standard InChI is InChI=1S/C15H26N2OS/c1-2-3-6-14(18)16-13-15(7-4-5-8-15)17-9-11-19-12-10-17/h2H,1,3-13H2,(H,16,18). The van der Waals surface area contributed by atoms with Crippen LogP contribution in [0.1, 0.15) is 38.5 Å². The summed E-state index contributed by atoms with van der Waals surface area (Å²) in [5.74, 6) is 2.66. The molecule has 0 aromatic rings.